The number of benzene rings is 1. The van der Waals surface area contributed by atoms with Crippen LogP contribution in [-0.4, -0.2) is 24.3 Å². The predicted molar refractivity (Wildman–Crippen MR) is 98.6 cm³/mol. The molecule has 2 nitrogen and oxygen atoms in total. The minimum Gasteiger partial charge on any atom is -0.389 e. The van der Waals surface area contributed by atoms with Crippen LogP contribution in [0.2, 0.25) is 0 Å². The largest absolute Gasteiger partial charge is 0.389 e. The molecule has 2 rings (SSSR count). The van der Waals surface area contributed by atoms with E-state index in [1.54, 1.807) is 11.8 Å². The second-order valence-corrected chi connectivity index (χ2v) is 7.20. The van der Waals surface area contributed by atoms with Crippen molar-refractivity contribution in [1.82, 2.24) is 0 Å². The van der Waals surface area contributed by atoms with E-state index in [0.29, 0.717) is 11.0 Å². The van der Waals surface area contributed by atoms with Crippen LogP contribution in [0.1, 0.15) is 44.6 Å². The van der Waals surface area contributed by atoms with Gasteiger partial charge in [0.2, 0.25) is 0 Å². The molecule has 0 unspecified atom stereocenters. The molecule has 1 aliphatic carbocycles. The SMILES string of the molecule is CCC1CCC(N(C)c2cccc(SC)c2C(N)=S)CC1. The van der Waals surface area contributed by atoms with Crippen LogP contribution in [0.15, 0.2) is 23.1 Å². The van der Waals surface area contributed by atoms with Crippen molar-refractivity contribution in [2.45, 2.75) is 50.0 Å². The molecule has 0 heterocycles. The minimum atomic E-state index is 0.504. The second kappa shape index (κ2) is 7.50. The van der Waals surface area contributed by atoms with Gasteiger partial charge in [-0.3, -0.25) is 0 Å². The normalized spacial score (nSPS) is 22.0. The van der Waals surface area contributed by atoms with Gasteiger partial charge < -0.3 is 10.6 Å². The van der Waals surface area contributed by atoms with Crippen molar-refractivity contribution in [1.29, 1.82) is 0 Å². The molecule has 1 fully saturated rings. The van der Waals surface area contributed by atoms with E-state index in [2.05, 4.69) is 43.3 Å². The first-order valence-electron chi connectivity index (χ1n) is 7.78. The number of rotatable bonds is 5. The van der Waals surface area contributed by atoms with Crippen LogP contribution in [0.5, 0.6) is 0 Å². The van der Waals surface area contributed by atoms with Crippen molar-refractivity contribution >= 4 is 34.7 Å². The van der Waals surface area contributed by atoms with Gasteiger partial charge in [-0.2, -0.15) is 0 Å². The minimum absolute atomic E-state index is 0.504. The maximum atomic E-state index is 5.99. The lowest BCUT2D eigenvalue weighted by Gasteiger charge is -2.37. The van der Waals surface area contributed by atoms with E-state index >= 15 is 0 Å². The highest BCUT2D eigenvalue weighted by molar-refractivity contribution is 7.98. The molecule has 0 aromatic heterocycles. The molecule has 4 heteroatoms. The first-order chi connectivity index (χ1) is 10.1. The van der Waals surface area contributed by atoms with Gasteiger partial charge >= 0.3 is 0 Å². The Hall–Kier alpha value is -0.740. The lowest BCUT2D eigenvalue weighted by Crippen LogP contribution is -2.36. The third kappa shape index (κ3) is 3.72. The third-order valence-corrected chi connectivity index (χ3v) is 5.78. The molecule has 1 aliphatic rings. The van der Waals surface area contributed by atoms with E-state index < -0.39 is 0 Å². The Balaban J connectivity index is 2.23. The Bertz CT molecular complexity index is 494. The zero-order valence-electron chi connectivity index (χ0n) is 13.3. The van der Waals surface area contributed by atoms with Gasteiger partial charge in [0.15, 0.2) is 0 Å². The van der Waals surface area contributed by atoms with Gasteiger partial charge in [-0.1, -0.05) is 31.6 Å². The summed E-state index contributed by atoms with van der Waals surface area (Å²) in [5, 5.41) is 0. The number of nitrogens with two attached hydrogens (primary N) is 1. The molecular formula is C17H26N2S2. The fourth-order valence-electron chi connectivity index (χ4n) is 3.37. The molecule has 0 radical (unpaired) electrons. The molecule has 116 valence electrons. The third-order valence-electron chi connectivity index (χ3n) is 4.79. The zero-order valence-corrected chi connectivity index (χ0v) is 14.9. The van der Waals surface area contributed by atoms with Crippen LogP contribution in [0.4, 0.5) is 5.69 Å². The number of hydrogen-bond acceptors (Lipinski definition) is 3. The lowest BCUT2D eigenvalue weighted by atomic mass is 9.84. The van der Waals surface area contributed by atoms with E-state index in [-0.39, 0.29) is 0 Å². The van der Waals surface area contributed by atoms with Crippen LogP contribution in [0, 0.1) is 5.92 Å². The van der Waals surface area contributed by atoms with Crippen LogP contribution in [0.3, 0.4) is 0 Å². The van der Waals surface area contributed by atoms with Crippen molar-refractivity contribution in [3.05, 3.63) is 23.8 Å². The number of hydrogen-bond donors (Lipinski definition) is 1. The summed E-state index contributed by atoms with van der Waals surface area (Å²) in [6.45, 7) is 2.31. The quantitative estimate of drug-likeness (QED) is 0.641. The Kier molecular flexibility index (Phi) is 5.94. The molecule has 1 aromatic rings. The van der Waals surface area contributed by atoms with Crippen molar-refractivity contribution in [2.24, 2.45) is 11.7 Å². The summed E-state index contributed by atoms with van der Waals surface area (Å²) >= 11 is 7.01. The Morgan fingerprint density at radius 3 is 2.52 bits per heavy atom. The average molecular weight is 323 g/mol. The summed E-state index contributed by atoms with van der Waals surface area (Å²) in [4.78, 5) is 4.08. The fraction of sp³-hybridized carbons (Fsp3) is 0.588. The van der Waals surface area contributed by atoms with E-state index in [1.165, 1.54) is 42.7 Å². The van der Waals surface area contributed by atoms with Gasteiger partial charge in [0.25, 0.3) is 0 Å². The van der Waals surface area contributed by atoms with Gasteiger partial charge in [0.1, 0.15) is 4.99 Å². The first kappa shape index (κ1) is 16.6. The smallest absolute Gasteiger partial charge is 0.107 e. The predicted octanol–water partition coefficient (Wildman–Crippen LogP) is 4.45. The van der Waals surface area contributed by atoms with Gasteiger partial charge in [-0.15, -0.1) is 11.8 Å². The van der Waals surface area contributed by atoms with Crippen LogP contribution < -0.4 is 10.6 Å². The molecular weight excluding hydrogens is 296 g/mol. The highest BCUT2D eigenvalue weighted by Crippen LogP contribution is 2.35. The van der Waals surface area contributed by atoms with Gasteiger partial charge in [0, 0.05) is 29.2 Å². The number of nitrogens with zero attached hydrogens (tertiary/aromatic N) is 1. The Morgan fingerprint density at radius 2 is 2.00 bits per heavy atom. The summed E-state index contributed by atoms with van der Waals surface area (Å²) in [6.07, 6.45) is 8.63. The highest BCUT2D eigenvalue weighted by atomic mass is 32.2. The van der Waals surface area contributed by atoms with Gasteiger partial charge in [0.05, 0.1) is 0 Å². The molecule has 0 aliphatic heterocycles. The Labute approximate surface area is 138 Å². The number of thioether (sulfide) groups is 1. The molecule has 0 saturated heterocycles. The fourth-order valence-corrected chi connectivity index (χ4v) is 4.28. The van der Waals surface area contributed by atoms with E-state index in [1.807, 2.05) is 0 Å². The first-order valence-corrected chi connectivity index (χ1v) is 9.41. The summed E-state index contributed by atoms with van der Waals surface area (Å²) < 4.78 is 0. The van der Waals surface area contributed by atoms with E-state index in [9.17, 15) is 0 Å². The van der Waals surface area contributed by atoms with Crippen molar-refractivity contribution in [3.8, 4) is 0 Å². The van der Waals surface area contributed by atoms with Gasteiger partial charge in [-0.05, 0) is 50.0 Å². The lowest BCUT2D eigenvalue weighted by molar-refractivity contribution is 0.313. The maximum Gasteiger partial charge on any atom is 0.107 e. The summed E-state index contributed by atoms with van der Waals surface area (Å²) in [7, 11) is 2.19. The summed E-state index contributed by atoms with van der Waals surface area (Å²) in [6, 6.07) is 6.97. The summed E-state index contributed by atoms with van der Waals surface area (Å²) in [5.74, 6) is 0.919. The van der Waals surface area contributed by atoms with E-state index in [0.717, 1.165) is 11.5 Å². The molecule has 1 aromatic carbocycles. The molecule has 0 atom stereocenters. The molecule has 21 heavy (non-hydrogen) atoms. The monoisotopic (exact) mass is 322 g/mol. The molecule has 1 saturated carbocycles. The van der Waals surface area contributed by atoms with Gasteiger partial charge in [-0.25, -0.2) is 0 Å². The second-order valence-electron chi connectivity index (χ2n) is 5.91. The molecule has 2 N–H and O–H groups in total. The summed E-state index contributed by atoms with van der Waals surface area (Å²) in [5.41, 5.74) is 8.22. The molecule has 0 amide bonds. The standard InChI is InChI=1S/C17H26N2S2/c1-4-12-8-10-13(11-9-12)19(2)14-6-5-7-15(21-3)16(14)17(18)20/h5-7,12-13H,4,8-11H2,1-3H3,(H2,18,20). The zero-order chi connectivity index (χ0) is 15.4. The van der Waals surface area contributed by atoms with E-state index in [4.69, 9.17) is 18.0 Å². The number of thiocarbonyl (C=S) groups is 1. The topological polar surface area (TPSA) is 29.3 Å². The molecule has 0 bridgehead atoms. The molecule has 0 spiro atoms. The Morgan fingerprint density at radius 1 is 1.33 bits per heavy atom. The highest BCUT2D eigenvalue weighted by Gasteiger charge is 2.25. The van der Waals surface area contributed by atoms with Crippen LogP contribution in [-0.2, 0) is 0 Å². The van der Waals surface area contributed by atoms with Crippen molar-refractivity contribution in [2.75, 3.05) is 18.2 Å². The van der Waals surface area contributed by atoms with Crippen LogP contribution >= 0.6 is 24.0 Å². The number of anilines is 1. The van der Waals surface area contributed by atoms with Crippen molar-refractivity contribution in [3.63, 3.8) is 0 Å². The average Bonchev–Trinajstić information content (AvgIpc) is 2.53. The van der Waals surface area contributed by atoms with Crippen molar-refractivity contribution < 1.29 is 0 Å². The van der Waals surface area contributed by atoms with Crippen LogP contribution in [0.25, 0.3) is 0 Å². The maximum absolute atomic E-state index is 5.99.